The Labute approximate surface area is 116 Å². The Hall–Kier alpha value is -0.665. The molecule has 3 saturated heterocycles. The lowest BCUT2D eigenvalue weighted by Crippen LogP contribution is -2.41. The molecule has 3 aliphatic rings. The van der Waals surface area contributed by atoms with Gasteiger partial charge in [-0.15, -0.1) is 0 Å². The average Bonchev–Trinajstić information content (AvgIpc) is 2.39. The molecule has 2 bridgehead atoms. The molecule has 0 atom stereocenters. The van der Waals surface area contributed by atoms with Crippen molar-refractivity contribution in [1.29, 1.82) is 0 Å². The lowest BCUT2D eigenvalue weighted by molar-refractivity contribution is 0.126. The van der Waals surface area contributed by atoms with Gasteiger partial charge in [0.25, 0.3) is 0 Å². The molecule has 0 radical (unpaired) electrons. The molecule has 106 valence electrons. The van der Waals surface area contributed by atoms with E-state index in [-0.39, 0.29) is 0 Å². The summed E-state index contributed by atoms with van der Waals surface area (Å²) in [5.74, 6) is 2.80. The molecule has 3 fully saturated rings. The van der Waals surface area contributed by atoms with Crippen LogP contribution >= 0.6 is 0 Å². The molecule has 1 N–H and O–H groups in total. The molecule has 0 aromatic carbocycles. The molecule has 3 heterocycles. The lowest BCUT2D eigenvalue weighted by atomic mass is 9.25. The van der Waals surface area contributed by atoms with Crippen LogP contribution in [-0.4, -0.2) is 35.9 Å². The molecule has 0 unspecified atom stereocenters. The summed E-state index contributed by atoms with van der Waals surface area (Å²) >= 11 is 0. The molecule has 19 heavy (non-hydrogen) atoms. The van der Waals surface area contributed by atoms with Gasteiger partial charge >= 0.3 is 6.09 Å². The van der Waals surface area contributed by atoms with Crippen molar-refractivity contribution < 1.29 is 9.90 Å². The first-order valence-corrected chi connectivity index (χ1v) is 8.22. The lowest BCUT2D eigenvalue weighted by Gasteiger charge is -2.43. The summed E-state index contributed by atoms with van der Waals surface area (Å²) in [6, 6.07) is 0. The van der Waals surface area contributed by atoms with Crippen LogP contribution in [0.3, 0.4) is 0 Å². The predicted octanol–water partition coefficient (Wildman–Crippen LogP) is 3.98. The highest BCUT2D eigenvalue weighted by atomic mass is 16.4. The van der Waals surface area contributed by atoms with E-state index in [9.17, 15) is 4.79 Å². The number of hydrogen-bond acceptors (Lipinski definition) is 1. The summed E-state index contributed by atoms with van der Waals surface area (Å²) in [6.45, 7) is 2.51. The molecule has 0 aliphatic carbocycles. The van der Waals surface area contributed by atoms with Crippen molar-refractivity contribution in [3.05, 3.63) is 0 Å². The van der Waals surface area contributed by atoms with Crippen molar-refractivity contribution in [2.75, 3.05) is 13.1 Å². The van der Waals surface area contributed by atoms with E-state index in [0.717, 1.165) is 50.2 Å². The van der Waals surface area contributed by atoms with Crippen LogP contribution in [0.25, 0.3) is 0 Å². The summed E-state index contributed by atoms with van der Waals surface area (Å²) in [4.78, 5) is 12.5. The minimum absolute atomic E-state index is 0.729. The zero-order valence-electron chi connectivity index (χ0n) is 11.9. The maximum absolute atomic E-state index is 10.9. The SMILES string of the molecule is O=C(O)N1CCC(CB2[C@H]3CCC[C@@H]2CCC3)CC1. The van der Waals surface area contributed by atoms with Gasteiger partial charge in [-0.05, 0) is 18.8 Å². The van der Waals surface area contributed by atoms with Crippen LogP contribution in [0.1, 0.15) is 51.4 Å². The summed E-state index contributed by atoms with van der Waals surface area (Å²) in [6.07, 6.45) is 11.7. The molecule has 0 aromatic rings. The predicted molar refractivity (Wildman–Crippen MR) is 78.1 cm³/mol. The standard InChI is InChI=1S/C15H26BNO2/c18-15(19)17-9-7-12(8-10-17)11-16-13-3-1-4-14(16)6-2-5-13/h12-14H,1-11H2,(H,18,19)/t13-,14+. The molecule has 0 saturated carbocycles. The van der Waals surface area contributed by atoms with Crippen LogP contribution in [0.5, 0.6) is 0 Å². The van der Waals surface area contributed by atoms with Gasteiger partial charge in [0, 0.05) is 13.1 Å². The van der Waals surface area contributed by atoms with E-state index in [4.69, 9.17) is 5.11 Å². The van der Waals surface area contributed by atoms with E-state index in [1.165, 1.54) is 44.8 Å². The molecular weight excluding hydrogens is 237 g/mol. The summed E-state index contributed by atoms with van der Waals surface area (Å²) in [5.41, 5.74) is 0. The van der Waals surface area contributed by atoms with Gasteiger partial charge < -0.3 is 10.0 Å². The topological polar surface area (TPSA) is 40.5 Å². The zero-order valence-corrected chi connectivity index (χ0v) is 11.9. The van der Waals surface area contributed by atoms with Crippen molar-refractivity contribution in [3.8, 4) is 0 Å². The molecule has 3 aliphatic heterocycles. The van der Waals surface area contributed by atoms with Crippen molar-refractivity contribution >= 4 is 12.8 Å². The van der Waals surface area contributed by atoms with E-state index in [2.05, 4.69) is 0 Å². The van der Waals surface area contributed by atoms with Crippen molar-refractivity contribution in [2.45, 2.75) is 69.3 Å². The van der Waals surface area contributed by atoms with Gasteiger partial charge in [-0.1, -0.05) is 56.5 Å². The maximum Gasteiger partial charge on any atom is 0.407 e. The molecule has 3 nitrogen and oxygen atoms in total. The van der Waals surface area contributed by atoms with Crippen molar-refractivity contribution in [3.63, 3.8) is 0 Å². The number of nitrogens with zero attached hydrogens (tertiary/aromatic N) is 1. The minimum Gasteiger partial charge on any atom is -0.465 e. The molecule has 1 amide bonds. The highest BCUT2D eigenvalue weighted by Gasteiger charge is 2.40. The summed E-state index contributed by atoms with van der Waals surface area (Å²) in [5, 5.41) is 9.00. The highest BCUT2D eigenvalue weighted by Crippen LogP contribution is 2.49. The van der Waals surface area contributed by atoms with Crippen molar-refractivity contribution in [1.82, 2.24) is 4.90 Å². The Kier molecular flexibility index (Phi) is 4.04. The van der Waals surface area contributed by atoms with Gasteiger partial charge in [-0.2, -0.15) is 0 Å². The third-order valence-corrected chi connectivity index (χ3v) is 6.00. The first-order chi connectivity index (χ1) is 9.24. The largest absolute Gasteiger partial charge is 0.465 e. The van der Waals surface area contributed by atoms with Gasteiger partial charge in [0.05, 0.1) is 0 Å². The molecule has 3 rings (SSSR count). The number of rotatable bonds is 2. The first kappa shape index (κ1) is 13.3. The Morgan fingerprint density at radius 2 is 1.53 bits per heavy atom. The number of carbonyl (C=O) groups is 1. The van der Waals surface area contributed by atoms with Crippen LogP contribution in [0, 0.1) is 5.92 Å². The van der Waals surface area contributed by atoms with Crippen LogP contribution in [0.2, 0.25) is 18.0 Å². The fourth-order valence-corrected chi connectivity index (χ4v) is 4.94. The third kappa shape index (κ3) is 2.92. The van der Waals surface area contributed by atoms with Gasteiger partial charge in [0.2, 0.25) is 0 Å². The molecule has 4 heteroatoms. The van der Waals surface area contributed by atoms with Crippen molar-refractivity contribution in [2.24, 2.45) is 5.92 Å². The monoisotopic (exact) mass is 263 g/mol. The van der Waals surface area contributed by atoms with E-state index >= 15 is 0 Å². The second kappa shape index (κ2) is 5.76. The van der Waals surface area contributed by atoms with Gasteiger partial charge in [-0.3, -0.25) is 0 Å². The Morgan fingerprint density at radius 3 is 2.00 bits per heavy atom. The van der Waals surface area contributed by atoms with E-state index < -0.39 is 6.09 Å². The number of fused-ring (bicyclic) bond motifs is 2. The number of amides is 1. The van der Waals surface area contributed by atoms with Gasteiger partial charge in [0.1, 0.15) is 6.71 Å². The van der Waals surface area contributed by atoms with E-state index in [1.54, 1.807) is 4.90 Å². The zero-order chi connectivity index (χ0) is 13.2. The molecule has 0 spiro atoms. The molecule has 0 aromatic heterocycles. The van der Waals surface area contributed by atoms with Crippen LogP contribution in [0.15, 0.2) is 0 Å². The Balaban J connectivity index is 1.53. The Morgan fingerprint density at radius 1 is 1.00 bits per heavy atom. The third-order valence-electron chi connectivity index (χ3n) is 6.00. The number of piperidine rings is 1. The second-order valence-electron chi connectivity index (χ2n) is 6.99. The number of carboxylic acid groups (broad SMARTS) is 1. The Bertz CT molecular complexity index is 306. The van der Waals surface area contributed by atoms with Crippen LogP contribution in [-0.2, 0) is 0 Å². The van der Waals surface area contributed by atoms with E-state index in [0.29, 0.717) is 0 Å². The van der Waals surface area contributed by atoms with Crippen LogP contribution < -0.4 is 0 Å². The normalized spacial score (nSPS) is 32.4. The summed E-state index contributed by atoms with van der Waals surface area (Å²) in [7, 11) is 0. The highest BCUT2D eigenvalue weighted by molar-refractivity contribution is 6.62. The van der Waals surface area contributed by atoms with Gasteiger partial charge in [0.15, 0.2) is 0 Å². The van der Waals surface area contributed by atoms with E-state index in [1.807, 2.05) is 0 Å². The second-order valence-corrected chi connectivity index (χ2v) is 6.99. The quantitative estimate of drug-likeness (QED) is 0.765. The number of hydrogen-bond donors (Lipinski definition) is 1. The summed E-state index contributed by atoms with van der Waals surface area (Å²) < 4.78 is 0. The first-order valence-electron chi connectivity index (χ1n) is 8.22. The average molecular weight is 263 g/mol. The molecular formula is C15H26BNO2. The fourth-order valence-electron chi connectivity index (χ4n) is 4.94. The minimum atomic E-state index is -0.729. The fraction of sp³-hybridized carbons (Fsp3) is 0.933. The maximum atomic E-state index is 10.9. The number of likely N-dealkylation sites (tertiary alicyclic amines) is 1. The smallest absolute Gasteiger partial charge is 0.407 e. The van der Waals surface area contributed by atoms with Gasteiger partial charge in [-0.25, -0.2) is 4.79 Å². The van der Waals surface area contributed by atoms with Crippen LogP contribution in [0.4, 0.5) is 4.79 Å².